The molecule has 0 fully saturated rings. The van der Waals surface area contributed by atoms with Crippen molar-refractivity contribution in [1.82, 2.24) is 15.0 Å². The van der Waals surface area contributed by atoms with Crippen LogP contribution in [-0.2, 0) is 23.0 Å². The predicted octanol–water partition coefficient (Wildman–Crippen LogP) is 2.23. The van der Waals surface area contributed by atoms with Crippen molar-refractivity contribution in [3.8, 4) is 0 Å². The quantitative estimate of drug-likeness (QED) is 0.684. The zero-order valence-electron chi connectivity index (χ0n) is 11.8. The first-order valence-electron chi connectivity index (χ1n) is 6.78. The van der Waals surface area contributed by atoms with E-state index in [2.05, 4.69) is 21.9 Å². The molecule has 2 N–H and O–H groups in total. The van der Waals surface area contributed by atoms with Crippen LogP contribution >= 0.6 is 22.7 Å². The second kappa shape index (κ2) is 8.00. The molecular weight excluding hydrogens is 326 g/mol. The zero-order chi connectivity index (χ0) is 15.1. The van der Waals surface area contributed by atoms with Gasteiger partial charge in [0.2, 0.25) is 10.0 Å². The van der Waals surface area contributed by atoms with Gasteiger partial charge in [-0.25, -0.2) is 18.1 Å². The van der Waals surface area contributed by atoms with Gasteiger partial charge in [0.05, 0.1) is 11.2 Å². The van der Waals surface area contributed by atoms with E-state index in [-0.39, 0.29) is 0 Å². The highest BCUT2D eigenvalue weighted by Crippen LogP contribution is 2.21. The first kappa shape index (κ1) is 16.6. The van der Waals surface area contributed by atoms with Gasteiger partial charge in [0.15, 0.2) is 0 Å². The molecule has 0 atom stereocenters. The highest BCUT2D eigenvalue weighted by molar-refractivity contribution is 7.91. The van der Waals surface area contributed by atoms with E-state index in [9.17, 15) is 8.42 Å². The number of aromatic nitrogens is 1. The Labute approximate surface area is 133 Å². The van der Waals surface area contributed by atoms with Crippen LogP contribution in [0.1, 0.15) is 23.9 Å². The van der Waals surface area contributed by atoms with Gasteiger partial charge in [-0.05, 0) is 25.1 Å². The van der Waals surface area contributed by atoms with Gasteiger partial charge >= 0.3 is 0 Å². The molecule has 0 aliphatic carbocycles. The number of thiazole rings is 1. The van der Waals surface area contributed by atoms with E-state index in [4.69, 9.17) is 0 Å². The van der Waals surface area contributed by atoms with Gasteiger partial charge in [-0.1, -0.05) is 6.92 Å². The Morgan fingerprint density at radius 2 is 2.14 bits per heavy atom. The summed E-state index contributed by atoms with van der Waals surface area (Å²) in [4.78, 5) is 5.16. The fourth-order valence-electron chi connectivity index (χ4n) is 1.73. The molecule has 0 bridgehead atoms. The molecule has 0 radical (unpaired) electrons. The molecule has 0 amide bonds. The van der Waals surface area contributed by atoms with Crippen molar-refractivity contribution in [2.24, 2.45) is 0 Å². The molecule has 0 unspecified atom stereocenters. The lowest BCUT2D eigenvalue weighted by Gasteiger charge is -2.03. The molecule has 0 aliphatic rings. The van der Waals surface area contributed by atoms with Crippen molar-refractivity contribution < 1.29 is 8.42 Å². The normalized spacial score (nSPS) is 11.9. The Kier molecular flexibility index (Phi) is 6.31. The van der Waals surface area contributed by atoms with Crippen LogP contribution < -0.4 is 10.0 Å². The van der Waals surface area contributed by atoms with E-state index >= 15 is 0 Å². The standard InChI is InChI=1S/C13H19N3O2S3/c1-2-6-14-8-12-3-4-13(20-12)21(17,18)16-7-5-11-9-19-10-15-11/h3-4,9-10,14,16H,2,5-8H2,1H3. The monoisotopic (exact) mass is 345 g/mol. The summed E-state index contributed by atoms with van der Waals surface area (Å²) in [5.74, 6) is 0. The molecule has 0 aliphatic heterocycles. The molecule has 2 aromatic rings. The fraction of sp³-hybridized carbons (Fsp3) is 0.462. The number of sulfonamides is 1. The van der Waals surface area contributed by atoms with Crippen LogP contribution in [-0.4, -0.2) is 26.5 Å². The van der Waals surface area contributed by atoms with Crippen molar-refractivity contribution in [1.29, 1.82) is 0 Å². The fourth-order valence-corrected chi connectivity index (χ4v) is 4.73. The van der Waals surface area contributed by atoms with Crippen LogP contribution in [0.2, 0.25) is 0 Å². The molecule has 2 heterocycles. The summed E-state index contributed by atoms with van der Waals surface area (Å²) in [6, 6.07) is 3.53. The second-order valence-corrected chi connectivity index (χ2v) is 8.41. The molecule has 5 nitrogen and oxygen atoms in total. The summed E-state index contributed by atoms with van der Waals surface area (Å²) < 4.78 is 27.3. The van der Waals surface area contributed by atoms with Gasteiger partial charge in [-0.2, -0.15) is 0 Å². The summed E-state index contributed by atoms with van der Waals surface area (Å²) in [6.45, 7) is 4.12. The third kappa shape index (κ3) is 5.15. The average molecular weight is 346 g/mol. The summed E-state index contributed by atoms with van der Waals surface area (Å²) in [7, 11) is -3.41. The number of thiophene rings is 1. The molecule has 2 rings (SSSR count). The number of rotatable bonds is 9. The number of nitrogens with zero attached hydrogens (tertiary/aromatic N) is 1. The SMILES string of the molecule is CCCNCc1ccc(S(=O)(=O)NCCc2cscn2)s1. The van der Waals surface area contributed by atoms with Crippen LogP contribution in [0, 0.1) is 0 Å². The van der Waals surface area contributed by atoms with E-state index < -0.39 is 10.0 Å². The summed E-state index contributed by atoms with van der Waals surface area (Å²) >= 11 is 2.83. The highest BCUT2D eigenvalue weighted by atomic mass is 32.2. The van der Waals surface area contributed by atoms with Gasteiger partial charge < -0.3 is 5.32 Å². The number of hydrogen-bond acceptors (Lipinski definition) is 6. The van der Waals surface area contributed by atoms with E-state index in [1.54, 1.807) is 11.6 Å². The summed E-state index contributed by atoms with van der Waals surface area (Å²) in [5, 5.41) is 5.19. The molecule has 0 spiro atoms. The zero-order valence-corrected chi connectivity index (χ0v) is 14.3. The Bertz CT molecular complexity index is 635. The molecule has 116 valence electrons. The van der Waals surface area contributed by atoms with Crippen molar-refractivity contribution in [3.63, 3.8) is 0 Å². The van der Waals surface area contributed by atoms with E-state index in [1.165, 1.54) is 22.7 Å². The maximum absolute atomic E-state index is 12.2. The lowest BCUT2D eigenvalue weighted by molar-refractivity contribution is 0.583. The molecule has 0 saturated carbocycles. The van der Waals surface area contributed by atoms with Gasteiger partial charge in [-0.15, -0.1) is 22.7 Å². The first-order chi connectivity index (χ1) is 10.1. The molecule has 2 aromatic heterocycles. The van der Waals surface area contributed by atoms with Crippen LogP contribution in [0.3, 0.4) is 0 Å². The minimum atomic E-state index is -3.41. The van der Waals surface area contributed by atoms with Gasteiger partial charge in [-0.3, -0.25) is 0 Å². The average Bonchev–Trinajstić information content (AvgIpc) is 3.10. The van der Waals surface area contributed by atoms with Crippen molar-refractivity contribution in [2.75, 3.05) is 13.1 Å². The second-order valence-electron chi connectivity index (χ2n) is 4.53. The smallest absolute Gasteiger partial charge is 0.250 e. The third-order valence-electron chi connectivity index (χ3n) is 2.78. The molecular formula is C13H19N3O2S3. The first-order valence-corrected chi connectivity index (χ1v) is 10.0. The molecule has 0 aromatic carbocycles. The minimum Gasteiger partial charge on any atom is -0.312 e. The van der Waals surface area contributed by atoms with Crippen LogP contribution in [0.15, 0.2) is 27.2 Å². The van der Waals surface area contributed by atoms with E-state index in [0.29, 0.717) is 23.7 Å². The highest BCUT2D eigenvalue weighted by Gasteiger charge is 2.16. The molecule has 8 heteroatoms. The van der Waals surface area contributed by atoms with E-state index in [0.717, 1.165) is 23.5 Å². The Hall–Kier alpha value is -0.800. The Morgan fingerprint density at radius 1 is 1.29 bits per heavy atom. The topological polar surface area (TPSA) is 71.1 Å². The van der Waals surface area contributed by atoms with Crippen LogP contribution in [0.4, 0.5) is 0 Å². The maximum Gasteiger partial charge on any atom is 0.250 e. The third-order valence-corrected chi connectivity index (χ3v) is 6.46. The number of nitrogens with one attached hydrogen (secondary N) is 2. The maximum atomic E-state index is 12.2. The summed E-state index contributed by atoms with van der Waals surface area (Å²) in [5.41, 5.74) is 2.66. The van der Waals surface area contributed by atoms with Crippen LogP contribution in [0.25, 0.3) is 0 Å². The van der Waals surface area contributed by atoms with Crippen molar-refractivity contribution >= 4 is 32.7 Å². The largest absolute Gasteiger partial charge is 0.312 e. The van der Waals surface area contributed by atoms with Gasteiger partial charge in [0.1, 0.15) is 4.21 Å². The van der Waals surface area contributed by atoms with Crippen molar-refractivity contribution in [2.45, 2.75) is 30.5 Å². The predicted molar refractivity (Wildman–Crippen MR) is 87.3 cm³/mol. The Balaban J connectivity index is 1.86. The van der Waals surface area contributed by atoms with E-state index in [1.807, 2.05) is 11.4 Å². The van der Waals surface area contributed by atoms with Gasteiger partial charge in [0, 0.05) is 29.8 Å². The lowest BCUT2D eigenvalue weighted by atomic mass is 10.3. The lowest BCUT2D eigenvalue weighted by Crippen LogP contribution is -2.25. The number of hydrogen-bond donors (Lipinski definition) is 2. The van der Waals surface area contributed by atoms with Crippen LogP contribution in [0.5, 0.6) is 0 Å². The Morgan fingerprint density at radius 3 is 2.86 bits per heavy atom. The van der Waals surface area contributed by atoms with Crippen molar-refractivity contribution in [3.05, 3.63) is 33.6 Å². The molecule has 21 heavy (non-hydrogen) atoms. The minimum absolute atomic E-state index is 0.368. The summed E-state index contributed by atoms with van der Waals surface area (Å²) in [6.07, 6.45) is 1.67. The van der Waals surface area contributed by atoms with Gasteiger partial charge in [0.25, 0.3) is 0 Å². The molecule has 0 saturated heterocycles.